The first-order valence-electron chi connectivity index (χ1n) is 9.20. The molecule has 0 bridgehead atoms. The molecule has 29 heavy (non-hydrogen) atoms. The van der Waals surface area contributed by atoms with E-state index in [4.69, 9.17) is 14.7 Å². The lowest BCUT2D eigenvalue weighted by Crippen LogP contribution is -2.35. The van der Waals surface area contributed by atoms with E-state index in [1.54, 1.807) is 28.8 Å². The van der Waals surface area contributed by atoms with Gasteiger partial charge in [-0.05, 0) is 24.6 Å². The molecule has 0 spiro atoms. The number of nitriles is 1. The lowest BCUT2D eigenvalue weighted by Gasteiger charge is -2.23. The number of aromatic hydroxyl groups is 1. The largest absolute Gasteiger partial charge is 0.493 e. The summed E-state index contributed by atoms with van der Waals surface area (Å²) in [4.78, 5) is 12.5. The lowest BCUT2D eigenvalue weighted by molar-refractivity contribution is -0.127. The number of benzene rings is 2. The predicted octanol–water partition coefficient (Wildman–Crippen LogP) is 4.10. The summed E-state index contributed by atoms with van der Waals surface area (Å²) in [5.74, 6) is 0.364. The van der Waals surface area contributed by atoms with Gasteiger partial charge in [-0.1, -0.05) is 30.3 Å². The first-order valence-corrected chi connectivity index (χ1v) is 9.20. The molecule has 1 aliphatic rings. The van der Waals surface area contributed by atoms with E-state index in [9.17, 15) is 9.90 Å². The number of azo groups is 1. The molecule has 1 aliphatic heterocycles. The Balaban J connectivity index is 1.58. The highest BCUT2D eigenvalue weighted by molar-refractivity contribution is 5.95. The number of hydrogen-bond acceptors (Lipinski definition) is 6. The minimum atomic E-state index is -0.903. The molecule has 0 unspecified atom stereocenters. The molecule has 2 aromatic carbocycles. The Hall–Kier alpha value is -3.86. The van der Waals surface area contributed by atoms with E-state index in [-0.39, 0.29) is 18.2 Å². The van der Waals surface area contributed by atoms with Crippen LogP contribution in [0.3, 0.4) is 0 Å². The van der Waals surface area contributed by atoms with Crippen LogP contribution in [0.1, 0.15) is 12.8 Å². The molecule has 2 heterocycles. The molecule has 0 aliphatic carbocycles. The number of hydrogen-bond donors (Lipinski definition) is 1. The molecule has 4 rings (SSSR count). The van der Waals surface area contributed by atoms with Gasteiger partial charge in [0, 0.05) is 18.4 Å². The van der Waals surface area contributed by atoms with Crippen LogP contribution in [0.5, 0.6) is 17.4 Å². The van der Waals surface area contributed by atoms with E-state index >= 15 is 0 Å². The van der Waals surface area contributed by atoms with E-state index in [1.165, 1.54) is 0 Å². The molecule has 0 fully saturated rings. The molecule has 1 aromatic heterocycles. The number of para-hydroxylation sites is 3. The van der Waals surface area contributed by atoms with Crippen molar-refractivity contribution in [2.75, 3.05) is 6.61 Å². The fourth-order valence-corrected chi connectivity index (χ4v) is 3.22. The second-order valence-corrected chi connectivity index (χ2v) is 6.51. The van der Waals surface area contributed by atoms with Gasteiger partial charge in [0.05, 0.1) is 11.6 Å². The van der Waals surface area contributed by atoms with Crippen LogP contribution >= 0.6 is 0 Å². The number of unbranched alkanes of at least 4 members (excludes halogenated alkanes) is 1. The zero-order chi connectivity index (χ0) is 20.2. The highest BCUT2D eigenvalue weighted by atomic mass is 16.6. The van der Waals surface area contributed by atoms with Crippen molar-refractivity contribution >= 4 is 22.5 Å². The predicted molar refractivity (Wildman–Crippen MR) is 104 cm³/mol. The Labute approximate surface area is 166 Å². The Bertz CT molecular complexity index is 1130. The van der Waals surface area contributed by atoms with Crippen molar-refractivity contribution in [1.82, 2.24) is 4.57 Å². The van der Waals surface area contributed by atoms with Crippen LogP contribution < -0.4 is 9.47 Å². The van der Waals surface area contributed by atoms with E-state index in [0.717, 1.165) is 5.52 Å². The van der Waals surface area contributed by atoms with Crippen LogP contribution in [0.15, 0.2) is 58.8 Å². The second-order valence-electron chi connectivity index (χ2n) is 6.51. The number of fused-ring (bicyclic) bond motifs is 2. The quantitative estimate of drug-likeness (QED) is 0.521. The number of amides is 1. The third kappa shape index (κ3) is 3.62. The van der Waals surface area contributed by atoms with Crippen molar-refractivity contribution in [1.29, 1.82) is 5.26 Å². The summed E-state index contributed by atoms with van der Waals surface area (Å²) in [6.07, 6.45) is 0.0620. The molecule has 1 N–H and O–H groups in total. The van der Waals surface area contributed by atoms with Gasteiger partial charge in [-0.3, -0.25) is 4.79 Å². The fourth-order valence-electron chi connectivity index (χ4n) is 3.22. The Kier molecular flexibility index (Phi) is 5.12. The molecule has 8 nitrogen and oxygen atoms in total. The molecular weight excluding hydrogens is 372 g/mol. The summed E-state index contributed by atoms with van der Waals surface area (Å²) in [6, 6.07) is 16.5. The minimum Gasteiger partial charge on any atom is -0.493 e. The summed E-state index contributed by atoms with van der Waals surface area (Å²) in [6.45, 7) is 0.497. The molecule has 146 valence electrons. The lowest BCUT2D eigenvalue weighted by atomic mass is 10.2. The summed E-state index contributed by atoms with van der Waals surface area (Å²) >= 11 is 0. The summed E-state index contributed by atoms with van der Waals surface area (Å²) in [5, 5.41) is 27.8. The molecule has 8 heteroatoms. The number of aryl methyl sites for hydroxylation is 1. The smallest absolute Gasteiger partial charge is 0.308 e. The van der Waals surface area contributed by atoms with Crippen molar-refractivity contribution < 1.29 is 19.4 Å². The van der Waals surface area contributed by atoms with E-state index in [2.05, 4.69) is 16.3 Å². The van der Waals surface area contributed by atoms with Gasteiger partial charge in [-0.2, -0.15) is 5.26 Å². The van der Waals surface area contributed by atoms with Gasteiger partial charge in [0.15, 0.2) is 17.2 Å². The van der Waals surface area contributed by atoms with Gasteiger partial charge < -0.3 is 19.1 Å². The standard InChI is InChI=1S/C21H18N4O4/c22-11-5-6-12-25-15-8-2-1-7-14(15)19(21(25)27)23-24-20(26)18-13-28-16-9-3-4-10-17(16)29-18/h1-4,7-10,18,27H,5-6,12-13H2/t18-/m0/s1. The van der Waals surface area contributed by atoms with Gasteiger partial charge in [0.2, 0.25) is 12.0 Å². The van der Waals surface area contributed by atoms with Crippen LogP contribution in [-0.4, -0.2) is 28.3 Å². The van der Waals surface area contributed by atoms with Crippen LogP contribution in [0, 0.1) is 11.3 Å². The zero-order valence-electron chi connectivity index (χ0n) is 15.5. The molecule has 3 aromatic rings. The summed E-state index contributed by atoms with van der Waals surface area (Å²) in [7, 11) is 0. The zero-order valence-corrected chi connectivity index (χ0v) is 15.5. The van der Waals surface area contributed by atoms with Crippen molar-refractivity contribution in [2.24, 2.45) is 10.2 Å². The molecule has 0 saturated heterocycles. The summed E-state index contributed by atoms with van der Waals surface area (Å²) in [5.41, 5.74) is 0.971. The topological polar surface area (TPSA) is 109 Å². The minimum absolute atomic E-state index is 0.0385. The number of ether oxygens (including phenoxy) is 2. The number of carbonyl (C=O) groups excluding carboxylic acids is 1. The van der Waals surface area contributed by atoms with E-state index in [1.807, 2.05) is 24.3 Å². The molecule has 0 saturated carbocycles. The summed E-state index contributed by atoms with van der Waals surface area (Å²) < 4.78 is 12.8. The molecular formula is C21H18N4O4. The van der Waals surface area contributed by atoms with E-state index < -0.39 is 12.0 Å². The third-order valence-electron chi connectivity index (χ3n) is 4.62. The van der Waals surface area contributed by atoms with Crippen molar-refractivity contribution in [3.05, 3.63) is 48.5 Å². The Morgan fingerprint density at radius 2 is 1.97 bits per heavy atom. The van der Waals surface area contributed by atoms with Crippen LogP contribution in [0.2, 0.25) is 0 Å². The maximum atomic E-state index is 12.5. The van der Waals surface area contributed by atoms with Crippen molar-refractivity contribution in [2.45, 2.75) is 25.5 Å². The number of carbonyl (C=O) groups is 1. The average molecular weight is 390 g/mol. The number of aromatic nitrogens is 1. The normalized spacial score (nSPS) is 15.5. The Morgan fingerprint density at radius 1 is 1.21 bits per heavy atom. The molecule has 1 atom stereocenters. The first-order chi connectivity index (χ1) is 14.2. The van der Waals surface area contributed by atoms with Gasteiger partial charge in [0.25, 0.3) is 0 Å². The highest BCUT2D eigenvalue weighted by Crippen LogP contribution is 2.39. The van der Waals surface area contributed by atoms with E-state index in [0.29, 0.717) is 36.3 Å². The number of rotatable bonds is 5. The Morgan fingerprint density at radius 3 is 2.79 bits per heavy atom. The van der Waals surface area contributed by atoms with Crippen LogP contribution in [0.4, 0.5) is 5.69 Å². The fraction of sp³-hybridized carbons (Fsp3) is 0.238. The van der Waals surface area contributed by atoms with Gasteiger partial charge >= 0.3 is 5.91 Å². The van der Waals surface area contributed by atoms with Gasteiger partial charge in [-0.25, -0.2) is 0 Å². The average Bonchev–Trinajstić information content (AvgIpc) is 3.03. The van der Waals surface area contributed by atoms with Crippen LogP contribution in [-0.2, 0) is 11.3 Å². The maximum Gasteiger partial charge on any atom is 0.308 e. The highest BCUT2D eigenvalue weighted by Gasteiger charge is 2.27. The number of nitrogens with zero attached hydrogens (tertiary/aromatic N) is 4. The van der Waals surface area contributed by atoms with Crippen molar-refractivity contribution in [3.63, 3.8) is 0 Å². The monoisotopic (exact) mass is 390 g/mol. The maximum absolute atomic E-state index is 12.5. The SMILES string of the molecule is N#CCCCn1c(O)c(N=NC(=O)[C@@H]2COc3ccccc3O2)c2ccccc21. The molecule has 1 amide bonds. The van der Waals surface area contributed by atoms with Crippen molar-refractivity contribution in [3.8, 4) is 23.4 Å². The molecule has 0 radical (unpaired) electrons. The first kappa shape index (κ1) is 18.5. The van der Waals surface area contributed by atoms with Gasteiger partial charge in [-0.15, -0.1) is 10.2 Å². The second kappa shape index (κ2) is 8.02. The van der Waals surface area contributed by atoms with Crippen LogP contribution in [0.25, 0.3) is 10.9 Å². The third-order valence-corrected chi connectivity index (χ3v) is 4.62. The van der Waals surface area contributed by atoms with Gasteiger partial charge in [0.1, 0.15) is 6.61 Å².